The molecule has 110 valence electrons. The Morgan fingerprint density at radius 2 is 2.00 bits per heavy atom. The molecule has 0 saturated carbocycles. The number of hydrogen-bond donors (Lipinski definition) is 1. The first-order valence-corrected chi connectivity index (χ1v) is 7.72. The van der Waals surface area contributed by atoms with Gasteiger partial charge in [0.25, 0.3) is 0 Å². The number of fused-ring (bicyclic) bond motifs is 1. The number of aromatic nitrogens is 1. The highest BCUT2D eigenvalue weighted by atomic mass is 15.1. The molecule has 0 amide bonds. The highest BCUT2D eigenvalue weighted by molar-refractivity contribution is 5.54. The van der Waals surface area contributed by atoms with Crippen molar-refractivity contribution in [3.05, 3.63) is 59.4 Å². The third-order valence-electron chi connectivity index (χ3n) is 4.05. The van der Waals surface area contributed by atoms with E-state index < -0.39 is 0 Å². The van der Waals surface area contributed by atoms with E-state index in [1.807, 2.05) is 12.4 Å². The molecule has 21 heavy (non-hydrogen) atoms. The van der Waals surface area contributed by atoms with Crippen LogP contribution in [0, 0.1) is 0 Å². The molecule has 0 fully saturated rings. The summed E-state index contributed by atoms with van der Waals surface area (Å²) in [5, 5.41) is 3.49. The molecule has 0 radical (unpaired) electrons. The molecule has 1 N–H and O–H groups in total. The quantitative estimate of drug-likeness (QED) is 0.933. The van der Waals surface area contributed by atoms with Crippen LogP contribution in [0.3, 0.4) is 0 Å². The van der Waals surface area contributed by atoms with E-state index in [4.69, 9.17) is 0 Å². The summed E-state index contributed by atoms with van der Waals surface area (Å²) in [6, 6.07) is 11.4. The lowest BCUT2D eigenvalue weighted by Crippen LogP contribution is -2.32. The Bertz CT molecular complexity index is 607. The first kappa shape index (κ1) is 14.1. The van der Waals surface area contributed by atoms with Crippen molar-refractivity contribution in [1.29, 1.82) is 0 Å². The van der Waals surface area contributed by atoms with E-state index in [9.17, 15) is 0 Å². The van der Waals surface area contributed by atoms with Gasteiger partial charge in [0.2, 0.25) is 0 Å². The van der Waals surface area contributed by atoms with Gasteiger partial charge in [-0.2, -0.15) is 0 Å². The maximum atomic E-state index is 4.30. The lowest BCUT2D eigenvalue weighted by molar-refractivity contribution is 0.586. The van der Waals surface area contributed by atoms with Gasteiger partial charge in [-0.25, -0.2) is 0 Å². The van der Waals surface area contributed by atoms with Gasteiger partial charge in [0.15, 0.2) is 0 Å². The fourth-order valence-electron chi connectivity index (χ4n) is 2.88. The van der Waals surface area contributed by atoms with E-state index in [-0.39, 0.29) is 0 Å². The predicted octanol–water partition coefficient (Wildman–Crippen LogP) is 3.14. The number of pyridine rings is 1. The lowest BCUT2D eigenvalue weighted by Gasteiger charge is -2.32. The zero-order valence-corrected chi connectivity index (χ0v) is 12.8. The van der Waals surface area contributed by atoms with Crippen LogP contribution in [0.25, 0.3) is 0 Å². The Labute approximate surface area is 127 Å². The van der Waals surface area contributed by atoms with E-state index in [1.165, 1.54) is 22.4 Å². The third kappa shape index (κ3) is 3.24. The minimum Gasteiger partial charge on any atom is -0.367 e. The van der Waals surface area contributed by atoms with E-state index in [2.05, 4.69) is 59.4 Å². The molecule has 1 aromatic carbocycles. The minimum atomic E-state index is 0.486. The van der Waals surface area contributed by atoms with Crippen molar-refractivity contribution in [2.24, 2.45) is 0 Å². The smallest absolute Gasteiger partial charge is 0.0445 e. The Kier molecular flexibility index (Phi) is 4.20. The van der Waals surface area contributed by atoms with Crippen LogP contribution in [0.5, 0.6) is 0 Å². The summed E-state index contributed by atoms with van der Waals surface area (Å²) in [6.45, 7) is 7.30. The van der Waals surface area contributed by atoms with Gasteiger partial charge in [-0.1, -0.05) is 38.1 Å². The van der Waals surface area contributed by atoms with Crippen molar-refractivity contribution in [3.63, 3.8) is 0 Å². The van der Waals surface area contributed by atoms with Gasteiger partial charge in [-0.15, -0.1) is 0 Å². The van der Waals surface area contributed by atoms with Gasteiger partial charge in [0, 0.05) is 49.3 Å². The molecule has 1 aliphatic heterocycles. The van der Waals surface area contributed by atoms with E-state index in [0.29, 0.717) is 6.04 Å². The molecular formula is C18H23N3. The Hall–Kier alpha value is -1.87. The van der Waals surface area contributed by atoms with Crippen molar-refractivity contribution in [2.75, 3.05) is 11.4 Å². The third-order valence-corrected chi connectivity index (χ3v) is 4.05. The number of nitrogens with zero attached hydrogens (tertiary/aromatic N) is 2. The molecule has 0 unspecified atom stereocenters. The van der Waals surface area contributed by atoms with Crippen molar-refractivity contribution < 1.29 is 0 Å². The summed E-state index contributed by atoms with van der Waals surface area (Å²) in [5.74, 6) is 0. The molecule has 1 aliphatic rings. The summed E-state index contributed by atoms with van der Waals surface area (Å²) in [5.41, 5.74) is 5.53. The van der Waals surface area contributed by atoms with Crippen LogP contribution in [0.2, 0.25) is 0 Å². The van der Waals surface area contributed by atoms with Crippen LogP contribution in [-0.4, -0.2) is 17.6 Å². The Balaban J connectivity index is 1.81. The van der Waals surface area contributed by atoms with Crippen LogP contribution < -0.4 is 10.2 Å². The fraction of sp³-hybridized carbons (Fsp3) is 0.389. The number of benzene rings is 1. The zero-order valence-electron chi connectivity index (χ0n) is 12.8. The monoisotopic (exact) mass is 281 g/mol. The molecule has 2 heterocycles. The van der Waals surface area contributed by atoms with E-state index in [1.54, 1.807) is 0 Å². The Morgan fingerprint density at radius 3 is 2.81 bits per heavy atom. The molecule has 3 heteroatoms. The summed E-state index contributed by atoms with van der Waals surface area (Å²) in [4.78, 5) is 6.77. The van der Waals surface area contributed by atoms with Crippen molar-refractivity contribution in [1.82, 2.24) is 10.3 Å². The number of hydrogen-bond acceptors (Lipinski definition) is 3. The summed E-state index contributed by atoms with van der Waals surface area (Å²) >= 11 is 0. The second kappa shape index (κ2) is 6.27. The number of nitrogens with one attached hydrogen (secondary N) is 1. The minimum absolute atomic E-state index is 0.486. The Morgan fingerprint density at radius 1 is 1.19 bits per heavy atom. The normalized spacial score (nSPS) is 14.3. The van der Waals surface area contributed by atoms with Gasteiger partial charge >= 0.3 is 0 Å². The fourth-order valence-corrected chi connectivity index (χ4v) is 2.88. The second-order valence-electron chi connectivity index (χ2n) is 5.98. The lowest BCUT2D eigenvalue weighted by atomic mass is 9.99. The maximum Gasteiger partial charge on any atom is 0.0445 e. The van der Waals surface area contributed by atoms with Crippen molar-refractivity contribution >= 4 is 5.69 Å². The van der Waals surface area contributed by atoms with Crippen molar-refractivity contribution in [2.45, 2.75) is 39.4 Å². The number of anilines is 1. The summed E-state index contributed by atoms with van der Waals surface area (Å²) < 4.78 is 0. The van der Waals surface area contributed by atoms with Crippen LogP contribution >= 0.6 is 0 Å². The van der Waals surface area contributed by atoms with Crippen molar-refractivity contribution in [3.8, 4) is 0 Å². The average molecular weight is 281 g/mol. The molecule has 0 aliphatic carbocycles. The first-order chi connectivity index (χ1) is 10.2. The molecule has 0 atom stereocenters. The van der Waals surface area contributed by atoms with Crippen LogP contribution in [0.15, 0.2) is 42.7 Å². The van der Waals surface area contributed by atoms with Gasteiger partial charge in [-0.05, 0) is 23.6 Å². The molecule has 2 aromatic rings. The SMILES string of the molecule is CC(C)NCc1cnccc1N1CCc2ccccc2C1. The first-order valence-electron chi connectivity index (χ1n) is 7.72. The standard InChI is InChI=1S/C18H23N3/c1-14(2)20-12-17-11-19-9-7-18(17)21-10-8-15-5-3-4-6-16(15)13-21/h3-7,9,11,14,20H,8,10,12-13H2,1-2H3. The second-order valence-corrected chi connectivity index (χ2v) is 5.98. The molecular weight excluding hydrogens is 258 g/mol. The summed E-state index contributed by atoms with van der Waals surface area (Å²) in [6.07, 6.45) is 5.01. The maximum absolute atomic E-state index is 4.30. The number of rotatable bonds is 4. The molecule has 1 aromatic heterocycles. The van der Waals surface area contributed by atoms with Crippen LogP contribution in [0.1, 0.15) is 30.5 Å². The molecule has 0 saturated heterocycles. The molecule has 0 spiro atoms. The zero-order chi connectivity index (χ0) is 14.7. The van der Waals surface area contributed by atoms with Crippen LogP contribution in [0.4, 0.5) is 5.69 Å². The molecule has 3 rings (SSSR count). The van der Waals surface area contributed by atoms with Gasteiger partial charge in [0.05, 0.1) is 0 Å². The topological polar surface area (TPSA) is 28.2 Å². The molecule has 3 nitrogen and oxygen atoms in total. The average Bonchev–Trinajstić information content (AvgIpc) is 2.52. The predicted molar refractivity (Wildman–Crippen MR) is 87.4 cm³/mol. The van der Waals surface area contributed by atoms with Crippen LogP contribution in [-0.2, 0) is 19.5 Å². The summed E-state index contributed by atoms with van der Waals surface area (Å²) in [7, 11) is 0. The van der Waals surface area contributed by atoms with Gasteiger partial charge < -0.3 is 10.2 Å². The highest BCUT2D eigenvalue weighted by Gasteiger charge is 2.18. The van der Waals surface area contributed by atoms with E-state index in [0.717, 1.165) is 26.1 Å². The van der Waals surface area contributed by atoms with Gasteiger partial charge in [0.1, 0.15) is 0 Å². The van der Waals surface area contributed by atoms with Gasteiger partial charge in [-0.3, -0.25) is 4.98 Å². The highest BCUT2D eigenvalue weighted by Crippen LogP contribution is 2.26. The van der Waals surface area contributed by atoms with E-state index >= 15 is 0 Å². The largest absolute Gasteiger partial charge is 0.367 e. The molecule has 0 bridgehead atoms.